The summed E-state index contributed by atoms with van der Waals surface area (Å²) in [5.74, 6) is -2.46. The van der Waals surface area contributed by atoms with E-state index in [-0.39, 0.29) is 30.2 Å². The van der Waals surface area contributed by atoms with Gasteiger partial charge in [0, 0.05) is 27.8 Å². The molecule has 1 unspecified atom stereocenters. The lowest BCUT2D eigenvalue weighted by molar-refractivity contribution is -0.153. The molecular formula is C19H16Cl4N2O6S2. The van der Waals surface area contributed by atoms with Crippen molar-refractivity contribution in [1.82, 2.24) is 10.2 Å². The minimum atomic E-state index is -1.88. The average molecular weight is 574 g/mol. The molecule has 14 heteroatoms. The van der Waals surface area contributed by atoms with Crippen molar-refractivity contribution in [2.24, 2.45) is 0 Å². The first-order chi connectivity index (χ1) is 15.5. The second-order valence-electron chi connectivity index (χ2n) is 6.79. The Morgan fingerprint density at radius 3 is 2.58 bits per heavy atom. The van der Waals surface area contributed by atoms with Gasteiger partial charge in [-0.2, -0.15) is 0 Å². The molecule has 3 rings (SSSR count). The molecule has 33 heavy (non-hydrogen) atoms. The van der Waals surface area contributed by atoms with Gasteiger partial charge in [-0.05, 0) is 11.4 Å². The molecule has 0 saturated carbocycles. The maximum absolute atomic E-state index is 12.9. The van der Waals surface area contributed by atoms with Crippen molar-refractivity contribution in [3.8, 4) is 0 Å². The summed E-state index contributed by atoms with van der Waals surface area (Å²) in [6.07, 6.45) is 0.114. The number of ether oxygens (including phenoxy) is 2. The molecule has 0 aliphatic carbocycles. The van der Waals surface area contributed by atoms with E-state index in [1.165, 1.54) is 23.8 Å². The molecule has 1 fully saturated rings. The minimum absolute atomic E-state index is 0.114. The Kier molecular flexibility index (Phi) is 8.63. The lowest BCUT2D eigenvalue weighted by atomic mass is 10.0. The minimum Gasteiger partial charge on any atom is -0.461 e. The van der Waals surface area contributed by atoms with E-state index < -0.39 is 39.7 Å². The largest absolute Gasteiger partial charge is 0.461 e. The summed E-state index contributed by atoms with van der Waals surface area (Å²) in [5, 5.41) is 3.86. The number of nitrogens with one attached hydrogen (secondary N) is 1. The van der Waals surface area contributed by atoms with Crippen LogP contribution in [0.5, 0.6) is 0 Å². The van der Waals surface area contributed by atoms with Gasteiger partial charge in [-0.3, -0.25) is 19.3 Å². The quantitative estimate of drug-likeness (QED) is 0.302. The number of carbonyl (C=O) groups is 4. The van der Waals surface area contributed by atoms with Crippen molar-refractivity contribution in [2.75, 3.05) is 13.2 Å². The Morgan fingerprint density at radius 2 is 2.00 bits per heavy atom. The van der Waals surface area contributed by atoms with Crippen LogP contribution in [0.15, 0.2) is 39.2 Å². The third-order valence-corrected chi connectivity index (χ3v) is 7.32. The molecule has 2 amide bonds. The molecule has 1 saturated heterocycles. The summed E-state index contributed by atoms with van der Waals surface area (Å²) in [6, 6.07) is 2.73. The van der Waals surface area contributed by atoms with Crippen molar-refractivity contribution in [3.63, 3.8) is 0 Å². The van der Waals surface area contributed by atoms with E-state index in [4.69, 9.17) is 55.9 Å². The second kappa shape index (κ2) is 10.9. The highest BCUT2D eigenvalue weighted by molar-refractivity contribution is 8.04. The van der Waals surface area contributed by atoms with Crippen molar-refractivity contribution in [2.45, 2.75) is 28.6 Å². The maximum atomic E-state index is 12.9. The molecule has 178 valence electrons. The summed E-state index contributed by atoms with van der Waals surface area (Å²) in [6.45, 7) is 0.269. The first kappa shape index (κ1) is 26.2. The van der Waals surface area contributed by atoms with Gasteiger partial charge in [-0.15, -0.1) is 11.3 Å². The number of hydrogen-bond donors (Lipinski definition) is 1. The Bertz CT molecular complexity index is 1020. The standard InChI is InChI=1S/C19H16Cl4N2O6S2/c1-9(26)30-7-11-12(6-20)33-17-14(24-13(27)5-10-3-2-4-32-10)16(28)25(17)15(11)18(29)31-8-19(21,22)23/h2-4,6,14,17H,5,7-8H2,1H3,(H,24,27)/b12-6-/t14?,17-/m1/s1. The molecule has 0 radical (unpaired) electrons. The van der Waals surface area contributed by atoms with Gasteiger partial charge in [0.25, 0.3) is 5.91 Å². The smallest absolute Gasteiger partial charge is 0.355 e. The fourth-order valence-corrected chi connectivity index (χ4v) is 5.45. The van der Waals surface area contributed by atoms with Gasteiger partial charge in [0.15, 0.2) is 0 Å². The summed E-state index contributed by atoms with van der Waals surface area (Å²) in [4.78, 5) is 52.0. The molecule has 8 nitrogen and oxygen atoms in total. The fourth-order valence-electron chi connectivity index (χ4n) is 3.06. The monoisotopic (exact) mass is 572 g/mol. The SMILES string of the molecule is CC(=O)OCC1=C(C(=O)OCC(Cl)(Cl)Cl)N2C(=O)C(NC(=O)Cc3cccs3)[C@H]2S/C1=C\Cl. The predicted molar refractivity (Wildman–Crippen MR) is 127 cm³/mol. The van der Waals surface area contributed by atoms with Crippen LogP contribution in [0, 0.1) is 0 Å². The second-order valence-corrected chi connectivity index (χ2v) is 11.7. The molecule has 2 atom stereocenters. The molecule has 0 bridgehead atoms. The summed E-state index contributed by atoms with van der Waals surface area (Å²) in [5.41, 5.74) is 1.15. The lowest BCUT2D eigenvalue weighted by Crippen LogP contribution is -2.70. The van der Waals surface area contributed by atoms with Gasteiger partial charge in [-0.1, -0.05) is 64.2 Å². The van der Waals surface area contributed by atoms with E-state index in [1.54, 1.807) is 0 Å². The molecule has 0 spiro atoms. The Balaban J connectivity index is 1.86. The highest BCUT2D eigenvalue weighted by Crippen LogP contribution is 2.47. The first-order valence-electron chi connectivity index (χ1n) is 9.24. The normalized spacial score (nSPS) is 21.4. The fraction of sp³-hybridized carbons (Fsp3) is 0.368. The van der Waals surface area contributed by atoms with Crippen molar-refractivity contribution in [3.05, 3.63) is 44.1 Å². The van der Waals surface area contributed by atoms with Crippen LogP contribution >= 0.6 is 69.5 Å². The zero-order chi connectivity index (χ0) is 24.3. The molecule has 2 aliphatic heterocycles. The number of esters is 2. The van der Waals surface area contributed by atoms with Crippen molar-refractivity contribution < 1.29 is 28.7 Å². The number of amides is 2. The predicted octanol–water partition coefficient (Wildman–Crippen LogP) is 3.50. The Hall–Kier alpha value is -1.43. The first-order valence-corrected chi connectivity index (χ1v) is 12.6. The number of hydrogen-bond acceptors (Lipinski definition) is 8. The van der Waals surface area contributed by atoms with Gasteiger partial charge >= 0.3 is 11.9 Å². The molecule has 1 N–H and O–H groups in total. The highest BCUT2D eigenvalue weighted by atomic mass is 35.6. The summed E-state index contributed by atoms with van der Waals surface area (Å²) in [7, 11) is 0. The van der Waals surface area contributed by atoms with Crippen LogP contribution in [-0.2, 0) is 35.1 Å². The van der Waals surface area contributed by atoms with Gasteiger partial charge in [0.05, 0.1) is 6.42 Å². The van der Waals surface area contributed by atoms with E-state index >= 15 is 0 Å². The number of halogens is 4. The van der Waals surface area contributed by atoms with E-state index in [9.17, 15) is 19.2 Å². The van der Waals surface area contributed by atoms with Crippen LogP contribution in [0.1, 0.15) is 11.8 Å². The number of thioether (sulfide) groups is 1. The van der Waals surface area contributed by atoms with Gasteiger partial charge < -0.3 is 14.8 Å². The van der Waals surface area contributed by atoms with E-state index in [0.717, 1.165) is 21.5 Å². The van der Waals surface area contributed by atoms with E-state index in [1.807, 2.05) is 17.5 Å². The number of β-lactam (4-membered cyclic amide) rings is 1. The number of alkyl halides is 3. The van der Waals surface area contributed by atoms with E-state index in [0.29, 0.717) is 4.91 Å². The lowest BCUT2D eigenvalue weighted by Gasteiger charge is -2.50. The third-order valence-electron chi connectivity index (χ3n) is 4.43. The number of nitrogens with zero attached hydrogens (tertiary/aromatic N) is 1. The topological polar surface area (TPSA) is 102 Å². The Morgan fingerprint density at radius 1 is 1.27 bits per heavy atom. The molecule has 3 heterocycles. The van der Waals surface area contributed by atoms with Crippen LogP contribution in [0.25, 0.3) is 0 Å². The molecule has 1 aromatic rings. The highest BCUT2D eigenvalue weighted by Gasteiger charge is 2.55. The summed E-state index contributed by atoms with van der Waals surface area (Å²) < 4.78 is 8.22. The van der Waals surface area contributed by atoms with Gasteiger partial charge in [0.2, 0.25) is 9.70 Å². The van der Waals surface area contributed by atoms with Gasteiger partial charge in [0.1, 0.15) is 30.3 Å². The maximum Gasteiger partial charge on any atom is 0.355 e. The van der Waals surface area contributed by atoms with Crippen LogP contribution in [0.4, 0.5) is 0 Å². The number of rotatable bonds is 7. The molecule has 0 aromatic carbocycles. The van der Waals surface area contributed by atoms with Crippen LogP contribution in [0.2, 0.25) is 0 Å². The number of thiophene rings is 1. The molecule has 1 aromatic heterocycles. The Labute approximate surface area is 217 Å². The van der Waals surface area contributed by atoms with Crippen LogP contribution < -0.4 is 5.32 Å². The number of fused-ring (bicyclic) bond motifs is 1. The zero-order valence-corrected chi connectivity index (χ0v) is 21.5. The van der Waals surface area contributed by atoms with Crippen molar-refractivity contribution >= 4 is 93.3 Å². The van der Waals surface area contributed by atoms with Gasteiger partial charge in [-0.25, -0.2) is 4.79 Å². The van der Waals surface area contributed by atoms with Crippen LogP contribution in [0.3, 0.4) is 0 Å². The third kappa shape index (κ3) is 6.37. The molecular weight excluding hydrogens is 558 g/mol. The summed E-state index contributed by atoms with van der Waals surface area (Å²) >= 11 is 25.5. The zero-order valence-electron chi connectivity index (χ0n) is 16.8. The van der Waals surface area contributed by atoms with Crippen molar-refractivity contribution in [1.29, 1.82) is 0 Å². The molecule has 2 aliphatic rings. The van der Waals surface area contributed by atoms with E-state index in [2.05, 4.69) is 5.32 Å². The van der Waals surface area contributed by atoms with Crippen LogP contribution in [-0.4, -0.2) is 57.1 Å². The number of carbonyl (C=O) groups excluding carboxylic acids is 4. The average Bonchev–Trinajstić information content (AvgIpc) is 3.25.